The lowest BCUT2D eigenvalue weighted by molar-refractivity contribution is 0.671. The van der Waals surface area contributed by atoms with Gasteiger partial charge in [-0.3, -0.25) is 0 Å². The van der Waals surface area contributed by atoms with E-state index in [2.05, 4.69) is 27.1 Å². The average Bonchev–Trinajstić information content (AvgIpc) is 2.85. The van der Waals surface area contributed by atoms with Crippen molar-refractivity contribution < 1.29 is 0 Å². The lowest BCUT2D eigenvalue weighted by Gasteiger charge is -2.24. The van der Waals surface area contributed by atoms with E-state index in [-0.39, 0.29) is 0 Å². The molecule has 1 aliphatic heterocycles. The Morgan fingerprint density at radius 2 is 2.41 bits per heavy atom. The number of hydrogen-bond donors (Lipinski definition) is 2. The van der Waals surface area contributed by atoms with Crippen molar-refractivity contribution in [1.29, 1.82) is 0 Å². The quantitative estimate of drug-likeness (QED) is 0.803. The van der Waals surface area contributed by atoms with Crippen LogP contribution in [-0.4, -0.2) is 35.6 Å². The molecule has 1 saturated heterocycles. The monoisotopic (exact) mass is 235 g/mol. The van der Waals surface area contributed by atoms with Crippen LogP contribution in [0.3, 0.4) is 0 Å². The van der Waals surface area contributed by atoms with E-state index in [9.17, 15) is 0 Å². The molecule has 5 heteroatoms. The molecule has 0 aromatic carbocycles. The number of nitrogens with zero attached hydrogens (tertiary/aromatic N) is 3. The first-order chi connectivity index (χ1) is 8.35. The summed E-state index contributed by atoms with van der Waals surface area (Å²) in [5, 5.41) is 3.28. The first-order valence-corrected chi connectivity index (χ1v) is 6.37. The zero-order chi connectivity index (χ0) is 12.1. The second kappa shape index (κ2) is 5.82. The fraction of sp³-hybridized carbons (Fsp3) is 0.667. The molecule has 94 valence electrons. The highest BCUT2D eigenvalue weighted by Gasteiger charge is 2.24. The maximum absolute atomic E-state index is 5.78. The van der Waals surface area contributed by atoms with Gasteiger partial charge in [-0.2, -0.15) is 0 Å². The lowest BCUT2D eigenvalue weighted by Crippen LogP contribution is -2.35. The zero-order valence-corrected chi connectivity index (χ0v) is 10.4. The van der Waals surface area contributed by atoms with Gasteiger partial charge < -0.3 is 16.0 Å². The molecule has 3 N–H and O–H groups in total. The van der Waals surface area contributed by atoms with Crippen molar-refractivity contribution in [3.8, 4) is 0 Å². The molecule has 2 heterocycles. The van der Waals surface area contributed by atoms with Crippen LogP contribution in [0, 0.1) is 0 Å². The van der Waals surface area contributed by atoms with Crippen molar-refractivity contribution in [2.75, 3.05) is 29.9 Å². The lowest BCUT2D eigenvalue weighted by atomic mass is 10.2. The largest absolute Gasteiger partial charge is 0.370 e. The molecule has 1 unspecified atom stereocenters. The van der Waals surface area contributed by atoms with Crippen molar-refractivity contribution >= 4 is 11.6 Å². The van der Waals surface area contributed by atoms with Crippen LogP contribution in [0.2, 0.25) is 0 Å². The molecule has 17 heavy (non-hydrogen) atoms. The van der Waals surface area contributed by atoms with Crippen LogP contribution in [-0.2, 0) is 0 Å². The second-order valence-corrected chi connectivity index (χ2v) is 4.41. The van der Waals surface area contributed by atoms with Crippen LogP contribution in [0.5, 0.6) is 0 Å². The number of hydrogen-bond acceptors (Lipinski definition) is 5. The molecule has 0 amide bonds. The molecule has 1 aromatic rings. The van der Waals surface area contributed by atoms with E-state index < -0.39 is 0 Å². The van der Waals surface area contributed by atoms with Crippen LogP contribution in [0.1, 0.15) is 26.2 Å². The summed E-state index contributed by atoms with van der Waals surface area (Å²) in [4.78, 5) is 10.9. The Hall–Kier alpha value is -1.36. The smallest absolute Gasteiger partial charge is 0.134 e. The summed E-state index contributed by atoms with van der Waals surface area (Å²) in [6, 6.07) is 2.45. The minimum Gasteiger partial charge on any atom is -0.370 e. The van der Waals surface area contributed by atoms with Crippen molar-refractivity contribution in [2.24, 2.45) is 5.73 Å². The highest BCUT2D eigenvalue weighted by atomic mass is 15.2. The van der Waals surface area contributed by atoms with E-state index in [1.54, 1.807) is 6.33 Å². The van der Waals surface area contributed by atoms with Gasteiger partial charge in [-0.1, -0.05) is 6.92 Å². The summed E-state index contributed by atoms with van der Waals surface area (Å²) in [5.41, 5.74) is 5.78. The molecule has 1 aliphatic rings. The van der Waals surface area contributed by atoms with Gasteiger partial charge in [0.15, 0.2) is 0 Å². The average molecular weight is 235 g/mol. The number of anilines is 2. The van der Waals surface area contributed by atoms with Gasteiger partial charge in [0, 0.05) is 31.7 Å². The highest BCUT2D eigenvalue weighted by Crippen LogP contribution is 2.24. The molecule has 1 fully saturated rings. The van der Waals surface area contributed by atoms with Gasteiger partial charge >= 0.3 is 0 Å². The molecule has 1 aromatic heterocycles. The normalized spacial score (nSPS) is 19.6. The molecule has 0 spiro atoms. The Balaban J connectivity index is 2.09. The Labute approximate surface area is 102 Å². The van der Waals surface area contributed by atoms with E-state index >= 15 is 0 Å². The third-order valence-corrected chi connectivity index (χ3v) is 3.15. The zero-order valence-electron chi connectivity index (χ0n) is 10.4. The van der Waals surface area contributed by atoms with Crippen LogP contribution >= 0.6 is 0 Å². The number of aromatic nitrogens is 2. The van der Waals surface area contributed by atoms with E-state index in [4.69, 9.17) is 5.73 Å². The minimum absolute atomic E-state index is 0.434. The summed E-state index contributed by atoms with van der Waals surface area (Å²) < 4.78 is 0. The van der Waals surface area contributed by atoms with Gasteiger partial charge in [-0.05, 0) is 19.3 Å². The minimum atomic E-state index is 0.434. The van der Waals surface area contributed by atoms with Crippen molar-refractivity contribution in [2.45, 2.75) is 32.2 Å². The molecule has 5 nitrogen and oxygen atoms in total. The maximum atomic E-state index is 5.78. The summed E-state index contributed by atoms with van der Waals surface area (Å²) >= 11 is 0. The predicted molar refractivity (Wildman–Crippen MR) is 70.2 cm³/mol. The van der Waals surface area contributed by atoms with Gasteiger partial charge in [0.1, 0.15) is 18.0 Å². The van der Waals surface area contributed by atoms with Gasteiger partial charge in [0.2, 0.25) is 0 Å². The summed E-state index contributed by atoms with van der Waals surface area (Å²) in [6.45, 7) is 4.82. The van der Waals surface area contributed by atoms with Crippen molar-refractivity contribution in [3.63, 3.8) is 0 Å². The number of nitrogens with one attached hydrogen (secondary N) is 1. The molecule has 0 aliphatic carbocycles. The van der Waals surface area contributed by atoms with E-state index in [0.717, 1.165) is 37.6 Å². The van der Waals surface area contributed by atoms with Gasteiger partial charge in [-0.15, -0.1) is 0 Å². The molecule has 0 saturated carbocycles. The Kier molecular flexibility index (Phi) is 4.14. The topological polar surface area (TPSA) is 67.1 Å². The van der Waals surface area contributed by atoms with Crippen LogP contribution in [0.15, 0.2) is 12.4 Å². The summed E-state index contributed by atoms with van der Waals surface area (Å²) in [6.07, 6.45) is 5.08. The van der Waals surface area contributed by atoms with Gasteiger partial charge in [0.25, 0.3) is 0 Å². The Morgan fingerprint density at radius 1 is 1.53 bits per heavy atom. The first kappa shape index (κ1) is 12.1. The van der Waals surface area contributed by atoms with E-state index in [1.807, 2.05) is 6.07 Å². The van der Waals surface area contributed by atoms with Gasteiger partial charge in [-0.25, -0.2) is 9.97 Å². The standard InChI is InChI=1S/C12H21N5/c1-2-5-14-11-7-12(16-9-15-11)17-6-3-4-10(17)8-13/h7,9-10H,2-6,8,13H2,1H3,(H,14,15,16). The third kappa shape index (κ3) is 2.85. The number of rotatable bonds is 5. The fourth-order valence-corrected chi connectivity index (χ4v) is 2.24. The fourth-order valence-electron chi connectivity index (χ4n) is 2.24. The molecule has 0 radical (unpaired) electrons. The molecular formula is C12H21N5. The van der Waals surface area contributed by atoms with Crippen LogP contribution < -0.4 is 16.0 Å². The molecule has 1 atom stereocenters. The molecule has 0 bridgehead atoms. The highest BCUT2D eigenvalue weighted by molar-refractivity contribution is 5.49. The Morgan fingerprint density at radius 3 is 3.18 bits per heavy atom. The SMILES string of the molecule is CCCNc1cc(N2CCCC2CN)ncn1. The summed E-state index contributed by atoms with van der Waals surface area (Å²) in [5.74, 6) is 1.89. The van der Waals surface area contributed by atoms with E-state index in [0.29, 0.717) is 12.6 Å². The van der Waals surface area contributed by atoms with Gasteiger partial charge in [0.05, 0.1) is 0 Å². The number of nitrogens with two attached hydrogens (primary N) is 1. The molecular weight excluding hydrogens is 214 g/mol. The second-order valence-electron chi connectivity index (χ2n) is 4.41. The first-order valence-electron chi connectivity index (χ1n) is 6.37. The summed E-state index contributed by atoms with van der Waals surface area (Å²) in [7, 11) is 0. The third-order valence-electron chi connectivity index (χ3n) is 3.15. The van der Waals surface area contributed by atoms with Crippen LogP contribution in [0.25, 0.3) is 0 Å². The maximum Gasteiger partial charge on any atom is 0.134 e. The van der Waals surface area contributed by atoms with Crippen molar-refractivity contribution in [3.05, 3.63) is 12.4 Å². The van der Waals surface area contributed by atoms with Crippen LogP contribution in [0.4, 0.5) is 11.6 Å². The predicted octanol–water partition coefficient (Wildman–Crippen LogP) is 1.23. The van der Waals surface area contributed by atoms with E-state index in [1.165, 1.54) is 6.42 Å². The Bertz CT molecular complexity index is 355. The molecule has 2 rings (SSSR count). The van der Waals surface area contributed by atoms with Crippen molar-refractivity contribution in [1.82, 2.24) is 9.97 Å².